The van der Waals surface area contributed by atoms with Crippen molar-refractivity contribution in [3.8, 4) is 5.75 Å². The van der Waals surface area contributed by atoms with E-state index in [0.717, 1.165) is 33.9 Å². The third kappa shape index (κ3) is 4.05. The van der Waals surface area contributed by atoms with E-state index in [1.165, 1.54) is 6.42 Å². The van der Waals surface area contributed by atoms with E-state index in [1.807, 2.05) is 6.07 Å². The van der Waals surface area contributed by atoms with Gasteiger partial charge in [-0.3, -0.25) is 9.48 Å². The molecule has 0 N–H and O–H groups in total. The summed E-state index contributed by atoms with van der Waals surface area (Å²) in [4.78, 5) is 15.6. The molecule has 2 aromatic carbocycles. The van der Waals surface area contributed by atoms with Crippen LogP contribution in [0.4, 0.5) is 5.69 Å². The number of ether oxygens (including phenoxy) is 2. The number of hydrogen-bond acceptors (Lipinski definition) is 4. The summed E-state index contributed by atoms with van der Waals surface area (Å²) in [7, 11) is 0. The highest BCUT2D eigenvalue weighted by molar-refractivity contribution is 9.10. The van der Waals surface area contributed by atoms with Crippen LogP contribution in [0.25, 0.3) is 15.7 Å². The maximum atomic E-state index is 12.0. The first-order valence-corrected chi connectivity index (χ1v) is 10.8. The molecule has 0 unspecified atom stereocenters. The number of fused-ring (bicyclic) bond motifs is 1. The van der Waals surface area contributed by atoms with Crippen LogP contribution in [0.2, 0.25) is 0 Å². The van der Waals surface area contributed by atoms with Gasteiger partial charge < -0.3 is 9.47 Å². The van der Waals surface area contributed by atoms with Crippen molar-refractivity contribution in [2.45, 2.75) is 45.3 Å². The van der Waals surface area contributed by atoms with E-state index in [-0.39, 0.29) is 19.0 Å². The molecule has 1 aromatic heterocycles. The maximum absolute atomic E-state index is 12.0. The molecule has 30 heavy (non-hydrogen) atoms. The lowest BCUT2D eigenvalue weighted by Gasteiger charge is -2.26. The van der Waals surface area contributed by atoms with Gasteiger partial charge in [0.05, 0.1) is 31.2 Å². The molecule has 0 aliphatic heterocycles. The summed E-state index contributed by atoms with van der Waals surface area (Å²) in [5.41, 5.74) is 2.93. The molecule has 0 amide bonds. The summed E-state index contributed by atoms with van der Waals surface area (Å²) in [6.07, 6.45) is 3.56. The molecule has 0 spiro atoms. The van der Waals surface area contributed by atoms with Gasteiger partial charge in [-0.25, -0.2) is 4.85 Å². The van der Waals surface area contributed by atoms with Crippen molar-refractivity contribution in [3.63, 3.8) is 0 Å². The number of para-hydroxylation sites is 1. The highest BCUT2D eigenvalue weighted by Gasteiger charge is 2.24. The SMILES string of the molecule is [C-]#[N+]c1cccc(CC(=O)OCC)c1OCc1nn(C2CCC2)c2ccc(Br)cc12. The Labute approximate surface area is 183 Å². The number of halogens is 1. The second-order valence-corrected chi connectivity index (χ2v) is 8.20. The zero-order valence-corrected chi connectivity index (χ0v) is 18.3. The van der Waals surface area contributed by atoms with Crippen LogP contribution in [-0.2, 0) is 22.6 Å². The summed E-state index contributed by atoms with van der Waals surface area (Å²) in [5.74, 6) is 0.0787. The number of carbonyl (C=O) groups is 1. The van der Waals surface area contributed by atoms with Crippen LogP contribution in [-0.4, -0.2) is 22.4 Å². The summed E-state index contributed by atoms with van der Waals surface area (Å²) < 4.78 is 14.2. The number of carbonyl (C=O) groups excluding carboxylic acids is 1. The van der Waals surface area contributed by atoms with E-state index in [2.05, 4.69) is 37.6 Å². The standard InChI is InChI=1S/C23H22BrN3O3/c1-3-29-22(28)12-15-6-4-9-19(25-2)23(15)30-14-20-18-13-16(24)10-11-21(18)27(26-20)17-7-5-8-17/h4,6,9-11,13,17H,3,5,7-8,12,14H2,1H3. The topological polar surface area (TPSA) is 57.7 Å². The van der Waals surface area contributed by atoms with E-state index in [9.17, 15) is 4.79 Å². The predicted octanol–water partition coefficient (Wildman–Crippen LogP) is 5.76. The van der Waals surface area contributed by atoms with Gasteiger partial charge in [0, 0.05) is 9.86 Å². The second-order valence-electron chi connectivity index (χ2n) is 7.29. The fourth-order valence-electron chi connectivity index (χ4n) is 3.67. The van der Waals surface area contributed by atoms with Gasteiger partial charge in [0.1, 0.15) is 18.1 Å². The minimum atomic E-state index is -0.340. The number of aromatic nitrogens is 2. The molecular weight excluding hydrogens is 446 g/mol. The monoisotopic (exact) mass is 467 g/mol. The van der Waals surface area contributed by atoms with Crippen molar-refractivity contribution in [2.24, 2.45) is 0 Å². The average molecular weight is 468 g/mol. The fourth-order valence-corrected chi connectivity index (χ4v) is 4.03. The van der Waals surface area contributed by atoms with E-state index in [4.69, 9.17) is 21.1 Å². The highest BCUT2D eigenvalue weighted by atomic mass is 79.9. The van der Waals surface area contributed by atoms with Crippen LogP contribution in [0.15, 0.2) is 40.9 Å². The molecule has 154 valence electrons. The molecule has 0 saturated heterocycles. The van der Waals surface area contributed by atoms with Crippen LogP contribution in [0.5, 0.6) is 5.75 Å². The molecule has 0 atom stereocenters. The van der Waals surface area contributed by atoms with Crippen molar-refractivity contribution in [2.75, 3.05) is 6.61 Å². The predicted molar refractivity (Wildman–Crippen MR) is 118 cm³/mol. The van der Waals surface area contributed by atoms with Crippen molar-refractivity contribution in [1.82, 2.24) is 9.78 Å². The van der Waals surface area contributed by atoms with Gasteiger partial charge in [0.25, 0.3) is 0 Å². The second kappa shape index (κ2) is 8.88. The molecule has 1 heterocycles. The van der Waals surface area contributed by atoms with Crippen LogP contribution in [0, 0.1) is 6.57 Å². The Hall–Kier alpha value is -2.85. The minimum absolute atomic E-state index is 0.0648. The van der Waals surface area contributed by atoms with Gasteiger partial charge >= 0.3 is 5.97 Å². The summed E-state index contributed by atoms with van der Waals surface area (Å²) in [5, 5.41) is 5.88. The first-order valence-electron chi connectivity index (χ1n) is 10.0. The number of hydrogen-bond donors (Lipinski definition) is 0. The maximum Gasteiger partial charge on any atom is 0.310 e. The molecule has 0 bridgehead atoms. The third-order valence-electron chi connectivity index (χ3n) is 5.35. The molecule has 1 aliphatic rings. The summed E-state index contributed by atoms with van der Waals surface area (Å²) in [6.45, 7) is 9.79. The zero-order valence-electron chi connectivity index (χ0n) is 16.7. The number of nitrogens with zero attached hydrogens (tertiary/aromatic N) is 3. The van der Waals surface area contributed by atoms with Crippen molar-refractivity contribution in [3.05, 3.63) is 63.5 Å². The van der Waals surface area contributed by atoms with Crippen LogP contribution >= 0.6 is 15.9 Å². The molecular formula is C23H22BrN3O3. The Morgan fingerprint density at radius 2 is 2.17 bits per heavy atom. The molecule has 7 heteroatoms. The quantitative estimate of drug-likeness (QED) is 0.327. The van der Waals surface area contributed by atoms with Gasteiger partial charge in [-0.2, -0.15) is 5.10 Å². The van der Waals surface area contributed by atoms with E-state index < -0.39 is 0 Å². The van der Waals surface area contributed by atoms with E-state index in [0.29, 0.717) is 29.6 Å². The lowest BCUT2D eigenvalue weighted by atomic mass is 9.93. The molecule has 3 aromatic rings. The number of rotatable bonds is 7. The molecule has 0 radical (unpaired) electrons. The molecule has 1 saturated carbocycles. The van der Waals surface area contributed by atoms with Crippen molar-refractivity contribution in [1.29, 1.82) is 0 Å². The summed E-state index contributed by atoms with van der Waals surface area (Å²) in [6, 6.07) is 11.8. The van der Waals surface area contributed by atoms with Gasteiger partial charge in [-0.1, -0.05) is 34.1 Å². The summed E-state index contributed by atoms with van der Waals surface area (Å²) >= 11 is 3.55. The normalized spacial score (nSPS) is 13.6. The zero-order chi connectivity index (χ0) is 21.1. The smallest absolute Gasteiger partial charge is 0.310 e. The Kier molecular flexibility index (Phi) is 6.05. The van der Waals surface area contributed by atoms with E-state index in [1.54, 1.807) is 25.1 Å². The Balaban J connectivity index is 1.65. The molecule has 1 aliphatic carbocycles. The highest BCUT2D eigenvalue weighted by Crippen LogP contribution is 2.37. The van der Waals surface area contributed by atoms with Crippen molar-refractivity contribution < 1.29 is 14.3 Å². The number of benzene rings is 2. The molecule has 6 nitrogen and oxygen atoms in total. The van der Waals surface area contributed by atoms with Gasteiger partial charge in [0.2, 0.25) is 5.69 Å². The fraction of sp³-hybridized carbons (Fsp3) is 0.348. The van der Waals surface area contributed by atoms with Crippen LogP contribution in [0.3, 0.4) is 0 Å². The first-order chi connectivity index (χ1) is 14.6. The first kappa shape index (κ1) is 20.4. The van der Waals surface area contributed by atoms with Gasteiger partial charge in [-0.15, -0.1) is 0 Å². The van der Waals surface area contributed by atoms with Gasteiger partial charge in [-0.05, 0) is 49.9 Å². The van der Waals surface area contributed by atoms with E-state index >= 15 is 0 Å². The molecule has 1 fully saturated rings. The van der Waals surface area contributed by atoms with Crippen LogP contribution in [0.1, 0.15) is 43.5 Å². The van der Waals surface area contributed by atoms with Crippen molar-refractivity contribution >= 4 is 38.5 Å². The Bertz CT molecular complexity index is 1130. The Morgan fingerprint density at radius 1 is 1.33 bits per heavy atom. The largest absolute Gasteiger partial charge is 0.498 e. The Morgan fingerprint density at radius 3 is 2.87 bits per heavy atom. The minimum Gasteiger partial charge on any atom is -0.498 e. The van der Waals surface area contributed by atoms with Gasteiger partial charge in [0.15, 0.2) is 0 Å². The molecule has 4 rings (SSSR count). The lowest BCUT2D eigenvalue weighted by molar-refractivity contribution is -0.142. The number of esters is 1. The van der Waals surface area contributed by atoms with Crippen LogP contribution < -0.4 is 4.74 Å². The average Bonchev–Trinajstić information content (AvgIpc) is 3.03. The third-order valence-corrected chi connectivity index (χ3v) is 5.85. The lowest BCUT2D eigenvalue weighted by Crippen LogP contribution is -2.18.